The molecule has 0 fully saturated rings. The highest BCUT2D eigenvalue weighted by Crippen LogP contribution is 2.38. The molecule has 0 radical (unpaired) electrons. The van der Waals surface area contributed by atoms with Crippen LogP contribution >= 0.6 is 11.3 Å². The van der Waals surface area contributed by atoms with Crippen molar-refractivity contribution in [3.63, 3.8) is 0 Å². The number of benzene rings is 1. The molecule has 0 aliphatic heterocycles. The summed E-state index contributed by atoms with van der Waals surface area (Å²) in [7, 11) is 0. The predicted octanol–water partition coefficient (Wildman–Crippen LogP) is 3.80. The van der Waals surface area contributed by atoms with Gasteiger partial charge >= 0.3 is 5.97 Å². The van der Waals surface area contributed by atoms with Crippen LogP contribution in [0.25, 0.3) is 10.1 Å². The van der Waals surface area contributed by atoms with Crippen molar-refractivity contribution >= 4 is 27.4 Å². The Balaban J connectivity index is 2.65. The molecule has 0 spiro atoms. The van der Waals surface area contributed by atoms with Gasteiger partial charge in [0.15, 0.2) is 5.41 Å². The molecule has 0 saturated carbocycles. The molecule has 2 aromatic rings. The molecule has 0 bridgehead atoms. The summed E-state index contributed by atoms with van der Waals surface area (Å²) in [5.74, 6) is -0.508. The maximum atomic E-state index is 12.3. The third kappa shape index (κ3) is 2.21. The van der Waals surface area contributed by atoms with Crippen LogP contribution in [0.2, 0.25) is 0 Å². The number of nitrogens with zero attached hydrogens (tertiary/aromatic N) is 1. The zero-order chi connectivity index (χ0) is 14.6. The van der Waals surface area contributed by atoms with Gasteiger partial charge in [0.25, 0.3) is 0 Å². The van der Waals surface area contributed by atoms with E-state index in [4.69, 9.17) is 4.74 Å². The van der Waals surface area contributed by atoms with Crippen molar-refractivity contribution in [1.82, 2.24) is 0 Å². The molecule has 20 heavy (non-hydrogen) atoms. The van der Waals surface area contributed by atoms with E-state index in [9.17, 15) is 10.1 Å². The van der Waals surface area contributed by atoms with Crippen molar-refractivity contribution in [1.29, 1.82) is 5.26 Å². The van der Waals surface area contributed by atoms with Crippen LogP contribution in [0.3, 0.4) is 0 Å². The average molecular weight is 285 g/mol. The highest BCUT2D eigenvalue weighted by molar-refractivity contribution is 7.17. The van der Waals surface area contributed by atoms with Crippen molar-refractivity contribution in [2.24, 2.45) is 0 Å². The molecule has 1 unspecified atom stereocenters. The largest absolute Gasteiger partial charge is 0.465 e. The lowest BCUT2D eigenvalue weighted by atomic mass is 9.79. The van der Waals surface area contributed by atoms with Crippen LogP contribution in [-0.4, -0.2) is 12.6 Å². The number of hydrogen-bond acceptors (Lipinski definition) is 4. The highest BCUT2D eigenvalue weighted by Gasteiger charge is 2.43. The van der Waals surface area contributed by atoms with E-state index >= 15 is 0 Å². The lowest BCUT2D eigenvalue weighted by molar-refractivity contribution is -0.147. The summed E-state index contributed by atoms with van der Waals surface area (Å²) in [6, 6.07) is 9.90. The van der Waals surface area contributed by atoms with E-state index in [-0.39, 0.29) is 13.0 Å². The summed E-state index contributed by atoms with van der Waals surface area (Å²) >= 11 is 1.52. The summed E-state index contributed by atoms with van der Waals surface area (Å²) in [6.07, 6.45) is 1.83. The Morgan fingerprint density at radius 2 is 2.30 bits per heavy atom. The standard InChI is InChI=1S/C16H15NO2S/c1-3-9-16(11-17,15(18)19-4-2)13-10-20-14-8-6-5-7-12(13)14/h3,5-8,10H,1,4,9H2,2H3. The van der Waals surface area contributed by atoms with Gasteiger partial charge in [0, 0.05) is 10.3 Å². The van der Waals surface area contributed by atoms with E-state index in [0.29, 0.717) is 5.56 Å². The van der Waals surface area contributed by atoms with E-state index in [2.05, 4.69) is 12.6 Å². The van der Waals surface area contributed by atoms with Gasteiger partial charge in [-0.3, -0.25) is 0 Å². The van der Waals surface area contributed by atoms with Crippen LogP contribution in [0, 0.1) is 11.3 Å². The molecular weight excluding hydrogens is 270 g/mol. The molecule has 0 aliphatic rings. The number of thiophene rings is 1. The first-order chi connectivity index (χ1) is 9.69. The first-order valence-electron chi connectivity index (χ1n) is 6.35. The maximum Gasteiger partial charge on any atom is 0.331 e. The molecule has 4 heteroatoms. The molecule has 3 nitrogen and oxygen atoms in total. The van der Waals surface area contributed by atoms with E-state index in [1.165, 1.54) is 11.3 Å². The fourth-order valence-electron chi connectivity index (χ4n) is 2.23. The van der Waals surface area contributed by atoms with Crippen molar-refractivity contribution in [2.45, 2.75) is 18.8 Å². The van der Waals surface area contributed by atoms with Crippen LogP contribution in [0.1, 0.15) is 18.9 Å². The normalized spacial score (nSPS) is 13.4. The van der Waals surface area contributed by atoms with Crippen LogP contribution in [0.4, 0.5) is 0 Å². The molecule has 102 valence electrons. The van der Waals surface area contributed by atoms with Crippen LogP contribution in [0.5, 0.6) is 0 Å². The van der Waals surface area contributed by atoms with Crippen molar-refractivity contribution < 1.29 is 9.53 Å². The molecule has 1 heterocycles. The van der Waals surface area contributed by atoms with Gasteiger partial charge in [0.1, 0.15) is 0 Å². The summed E-state index contributed by atoms with van der Waals surface area (Å²) in [5.41, 5.74) is -0.601. The van der Waals surface area contributed by atoms with Crippen LogP contribution in [0.15, 0.2) is 42.3 Å². The van der Waals surface area contributed by atoms with Crippen LogP contribution < -0.4 is 0 Å². The summed E-state index contributed by atoms with van der Waals surface area (Å²) in [5, 5.41) is 12.4. The molecule has 1 atom stereocenters. The van der Waals surface area contributed by atoms with Gasteiger partial charge in [-0.15, -0.1) is 17.9 Å². The molecule has 0 saturated heterocycles. The second kappa shape index (κ2) is 5.89. The molecule has 0 amide bonds. The van der Waals surface area contributed by atoms with Gasteiger partial charge < -0.3 is 4.74 Å². The molecular formula is C16H15NO2S. The van der Waals surface area contributed by atoms with Gasteiger partial charge in [-0.2, -0.15) is 5.26 Å². The number of rotatable bonds is 5. The minimum absolute atomic E-state index is 0.239. The number of fused-ring (bicyclic) bond motifs is 1. The molecule has 0 aliphatic carbocycles. The number of esters is 1. The minimum atomic E-state index is -1.31. The smallest absolute Gasteiger partial charge is 0.331 e. The van der Waals surface area contributed by atoms with E-state index in [0.717, 1.165) is 10.1 Å². The van der Waals surface area contributed by atoms with Crippen molar-refractivity contribution in [3.8, 4) is 6.07 Å². The summed E-state index contributed by atoms with van der Waals surface area (Å²) < 4.78 is 6.17. The van der Waals surface area contributed by atoms with Crippen molar-refractivity contribution in [3.05, 3.63) is 47.9 Å². The number of ether oxygens (including phenoxy) is 1. The zero-order valence-electron chi connectivity index (χ0n) is 11.3. The topological polar surface area (TPSA) is 50.1 Å². The average Bonchev–Trinajstić information content (AvgIpc) is 2.89. The van der Waals surface area contributed by atoms with E-state index in [1.54, 1.807) is 13.0 Å². The Morgan fingerprint density at radius 1 is 1.55 bits per heavy atom. The van der Waals surface area contributed by atoms with E-state index in [1.807, 2.05) is 29.6 Å². The second-order valence-electron chi connectivity index (χ2n) is 4.38. The fraction of sp³-hybridized carbons (Fsp3) is 0.250. The van der Waals surface area contributed by atoms with Gasteiger partial charge in [0.2, 0.25) is 0 Å². The third-order valence-electron chi connectivity index (χ3n) is 3.21. The van der Waals surface area contributed by atoms with E-state index < -0.39 is 11.4 Å². The minimum Gasteiger partial charge on any atom is -0.465 e. The molecule has 1 aromatic carbocycles. The molecule has 2 rings (SSSR count). The van der Waals surface area contributed by atoms with Gasteiger partial charge in [-0.1, -0.05) is 24.3 Å². The monoisotopic (exact) mass is 285 g/mol. The number of nitriles is 1. The second-order valence-corrected chi connectivity index (χ2v) is 5.29. The Morgan fingerprint density at radius 3 is 2.95 bits per heavy atom. The van der Waals surface area contributed by atoms with Crippen LogP contribution in [-0.2, 0) is 14.9 Å². The number of carbonyl (C=O) groups is 1. The summed E-state index contributed by atoms with van der Waals surface area (Å²) in [4.78, 5) is 12.3. The van der Waals surface area contributed by atoms with Gasteiger partial charge in [-0.05, 0) is 30.2 Å². The van der Waals surface area contributed by atoms with Gasteiger partial charge in [0.05, 0.1) is 12.7 Å². The highest BCUT2D eigenvalue weighted by atomic mass is 32.1. The van der Waals surface area contributed by atoms with Crippen molar-refractivity contribution in [2.75, 3.05) is 6.61 Å². The maximum absolute atomic E-state index is 12.3. The first kappa shape index (κ1) is 14.3. The summed E-state index contributed by atoms with van der Waals surface area (Å²) in [6.45, 7) is 5.66. The molecule has 1 aromatic heterocycles. The quantitative estimate of drug-likeness (QED) is 0.620. The Kier molecular flexibility index (Phi) is 4.21. The van der Waals surface area contributed by atoms with Gasteiger partial charge in [-0.25, -0.2) is 4.79 Å². The predicted molar refractivity (Wildman–Crippen MR) is 80.6 cm³/mol. The lowest BCUT2D eigenvalue weighted by Crippen LogP contribution is -2.35. The Labute approximate surface area is 122 Å². The first-order valence-corrected chi connectivity index (χ1v) is 7.23. The Bertz CT molecular complexity index is 683. The molecule has 0 N–H and O–H groups in total. The SMILES string of the molecule is C=CCC(C#N)(C(=O)OCC)c1csc2ccccc12. The zero-order valence-corrected chi connectivity index (χ0v) is 12.1. The Hall–Kier alpha value is -2.12. The number of carbonyl (C=O) groups excluding carboxylic acids is 1. The number of hydrogen-bond donors (Lipinski definition) is 0. The fourth-order valence-corrected chi connectivity index (χ4v) is 3.27. The lowest BCUT2D eigenvalue weighted by Gasteiger charge is -2.22. The number of allylic oxidation sites excluding steroid dienone is 1. The third-order valence-corrected chi connectivity index (χ3v) is 4.17.